The number of nitrogens with zero attached hydrogens (tertiary/aromatic N) is 3. The first-order valence-electron chi connectivity index (χ1n) is 10.8. The second kappa shape index (κ2) is 7.91. The summed E-state index contributed by atoms with van der Waals surface area (Å²) in [6.07, 6.45) is 0.897. The van der Waals surface area contributed by atoms with Gasteiger partial charge >= 0.3 is 0 Å². The van der Waals surface area contributed by atoms with Crippen molar-refractivity contribution in [1.29, 1.82) is 0 Å². The standard InChI is InChI=1S/C26H26N4O/c1-18(20-8-4-3-5-9-20)30-25-11-7-6-10-23(25)28-26(30)17-27-22-12-13-24-21(16-22)14-15-29(24)19(2)31/h3-13,16,18,27H,14-15,17H2,1-2H3/t18-/m1/s1. The Hall–Kier alpha value is -3.60. The van der Waals surface area contributed by atoms with Crippen molar-refractivity contribution >= 4 is 28.3 Å². The number of rotatable bonds is 5. The van der Waals surface area contributed by atoms with E-state index in [0.717, 1.165) is 41.2 Å². The van der Waals surface area contributed by atoms with E-state index >= 15 is 0 Å². The van der Waals surface area contributed by atoms with Gasteiger partial charge in [0.2, 0.25) is 5.91 Å². The number of anilines is 2. The highest BCUT2D eigenvalue weighted by molar-refractivity contribution is 5.94. The third-order valence-electron chi connectivity index (χ3n) is 6.14. The lowest BCUT2D eigenvalue weighted by Crippen LogP contribution is -2.25. The number of fused-ring (bicyclic) bond motifs is 2. The van der Waals surface area contributed by atoms with Crippen molar-refractivity contribution in [3.05, 3.63) is 89.7 Å². The minimum absolute atomic E-state index is 0.100. The first-order chi connectivity index (χ1) is 15.1. The van der Waals surface area contributed by atoms with Gasteiger partial charge < -0.3 is 14.8 Å². The third-order valence-corrected chi connectivity index (χ3v) is 6.14. The van der Waals surface area contributed by atoms with Gasteiger partial charge in [0.1, 0.15) is 5.82 Å². The molecule has 0 radical (unpaired) electrons. The minimum atomic E-state index is 0.100. The van der Waals surface area contributed by atoms with Crippen LogP contribution in [0.3, 0.4) is 0 Å². The molecule has 1 aliphatic heterocycles. The highest BCUT2D eigenvalue weighted by Gasteiger charge is 2.22. The van der Waals surface area contributed by atoms with Gasteiger partial charge in [0.15, 0.2) is 0 Å². The maximum atomic E-state index is 11.8. The van der Waals surface area contributed by atoms with Gasteiger partial charge in [-0.05, 0) is 54.8 Å². The fourth-order valence-electron chi connectivity index (χ4n) is 4.55. The number of aromatic nitrogens is 2. The molecular weight excluding hydrogens is 384 g/mol. The van der Waals surface area contributed by atoms with Crippen LogP contribution < -0.4 is 10.2 Å². The fourth-order valence-corrected chi connectivity index (χ4v) is 4.55. The molecule has 31 heavy (non-hydrogen) atoms. The van der Waals surface area contributed by atoms with Crippen molar-refractivity contribution < 1.29 is 4.79 Å². The van der Waals surface area contributed by atoms with Crippen molar-refractivity contribution in [3.63, 3.8) is 0 Å². The number of carbonyl (C=O) groups is 1. The van der Waals surface area contributed by atoms with Crippen LogP contribution in [0, 0.1) is 0 Å². The maximum Gasteiger partial charge on any atom is 0.223 e. The lowest BCUT2D eigenvalue weighted by atomic mass is 10.1. The van der Waals surface area contributed by atoms with Crippen molar-refractivity contribution in [2.75, 3.05) is 16.8 Å². The average Bonchev–Trinajstić information content (AvgIpc) is 3.38. The second-order valence-corrected chi connectivity index (χ2v) is 8.09. The van der Waals surface area contributed by atoms with Crippen LogP contribution >= 0.6 is 0 Å². The Morgan fingerprint density at radius 2 is 1.84 bits per heavy atom. The lowest BCUT2D eigenvalue weighted by Gasteiger charge is -2.19. The van der Waals surface area contributed by atoms with Crippen LogP contribution in [0.4, 0.5) is 11.4 Å². The molecule has 5 heteroatoms. The van der Waals surface area contributed by atoms with Gasteiger partial charge in [-0.1, -0.05) is 42.5 Å². The molecule has 5 rings (SSSR count). The summed E-state index contributed by atoms with van der Waals surface area (Å²) in [5.41, 5.74) is 6.70. The molecule has 5 nitrogen and oxygen atoms in total. The van der Waals surface area contributed by atoms with Crippen LogP contribution in [0.1, 0.15) is 36.8 Å². The Bertz CT molecular complexity index is 1240. The summed E-state index contributed by atoms with van der Waals surface area (Å²) in [6, 6.07) is 25.3. The molecule has 1 amide bonds. The van der Waals surface area contributed by atoms with E-state index in [0.29, 0.717) is 6.54 Å². The number of benzene rings is 3. The van der Waals surface area contributed by atoms with E-state index in [1.165, 1.54) is 11.1 Å². The van der Waals surface area contributed by atoms with Crippen LogP contribution in [-0.2, 0) is 17.8 Å². The van der Waals surface area contributed by atoms with Gasteiger partial charge in [-0.2, -0.15) is 0 Å². The summed E-state index contributed by atoms with van der Waals surface area (Å²) in [5.74, 6) is 1.10. The molecule has 1 aliphatic rings. The summed E-state index contributed by atoms with van der Waals surface area (Å²) in [6.45, 7) is 5.23. The van der Waals surface area contributed by atoms with Gasteiger partial charge in [-0.25, -0.2) is 4.98 Å². The largest absolute Gasteiger partial charge is 0.378 e. The Labute approximate surface area is 182 Å². The van der Waals surface area contributed by atoms with Crippen molar-refractivity contribution in [3.8, 4) is 0 Å². The molecule has 0 saturated carbocycles. The first kappa shape index (κ1) is 19.4. The molecule has 0 bridgehead atoms. The van der Waals surface area contributed by atoms with Gasteiger partial charge in [0, 0.05) is 24.8 Å². The molecule has 0 saturated heterocycles. The van der Waals surface area contributed by atoms with Gasteiger partial charge in [0.05, 0.1) is 23.6 Å². The number of hydrogen-bond acceptors (Lipinski definition) is 3. The predicted octanol–water partition coefficient (Wildman–Crippen LogP) is 5.17. The van der Waals surface area contributed by atoms with E-state index in [9.17, 15) is 4.79 Å². The van der Waals surface area contributed by atoms with Crippen LogP contribution in [0.2, 0.25) is 0 Å². The zero-order chi connectivity index (χ0) is 21.4. The number of para-hydroxylation sites is 2. The van der Waals surface area contributed by atoms with E-state index < -0.39 is 0 Å². The van der Waals surface area contributed by atoms with E-state index in [4.69, 9.17) is 4.98 Å². The number of amides is 1. The summed E-state index contributed by atoms with van der Waals surface area (Å²) in [4.78, 5) is 18.6. The van der Waals surface area contributed by atoms with E-state index in [1.807, 2.05) is 29.2 Å². The third kappa shape index (κ3) is 3.56. The maximum absolute atomic E-state index is 11.8. The van der Waals surface area contributed by atoms with E-state index in [2.05, 4.69) is 65.3 Å². The quantitative estimate of drug-likeness (QED) is 0.494. The molecule has 1 atom stereocenters. The summed E-state index contributed by atoms with van der Waals surface area (Å²) in [5, 5.41) is 3.56. The number of nitrogens with one attached hydrogen (secondary N) is 1. The molecule has 1 N–H and O–H groups in total. The smallest absolute Gasteiger partial charge is 0.223 e. The van der Waals surface area contributed by atoms with E-state index in [1.54, 1.807) is 6.92 Å². The summed E-state index contributed by atoms with van der Waals surface area (Å²) >= 11 is 0. The monoisotopic (exact) mass is 410 g/mol. The first-order valence-corrected chi connectivity index (χ1v) is 10.8. The van der Waals surface area contributed by atoms with Crippen LogP contribution in [0.5, 0.6) is 0 Å². The van der Waals surface area contributed by atoms with Crippen molar-refractivity contribution in [1.82, 2.24) is 9.55 Å². The average molecular weight is 411 g/mol. The van der Waals surface area contributed by atoms with Gasteiger partial charge in [0.25, 0.3) is 0 Å². The van der Waals surface area contributed by atoms with Crippen LogP contribution in [-0.4, -0.2) is 22.0 Å². The zero-order valence-electron chi connectivity index (χ0n) is 17.9. The predicted molar refractivity (Wildman–Crippen MR) is 125 cm³/mol. The molecule has 2 heterocycles. The molecule has 0 unspecified atom stereocenters. The topological polar surface area (TPSA) is 50.2 Å². The Kier molecular flexibility index (Phi) is 4.94. The molecule has 156 valence electrons. The zero-order valence-corrected chi connectivity index (χ0v) is 17.9. The fraction of sp³-hybridized carbons (Fsp3) is 0.231. The highest BCUT2D eigenvalue weighted by atomic mass is 16.2. The van der Waals surface area contributed by atoms with Gasteiger partial charge in [-0.15, -0.1) is 0 Å². The lowest BCUT2D eigenvalue weighted by molar-refractivity contribution is -0.116. The summed E-state index contributed by atoms with van der Waals surface area (Å²) in [7, 11) is 0. The van der Waals surface area contributed by atoms with Crippen molar-refractivity contribution in [2.45, 2.75) is 32.9 Å². The van der Waals surface area contributed by atoms with Crippen molar-refractivity contribution in [2.24, 2.45) is 0 Å². The van der Waals surface area contributed by atoms with Gasteiger partial charge in [-0.3, -0.25) is 4.79 Å². The summed E-state index contributed by atoms with van der Waals surface area (Å²) < 4.78 is 2.32. The molecule has 0 fully saturated rings. The Morgan fingerprint density at radius 1 is 1.06 bits per heavy atom. The number of imidazole rings is 1. The van der Waals surface area contributed by atoms with Crippen LogP contribution in [0.15, 0.2) is 72.8 Å². The number of carbonyl (C=O) groups excluding carboxylic acids is 1. The molecular formula is C26H26N4O. The number of hydrogen-bond donors (Lipinski definition) is 1. The highest BCUT2D eigenvalue weighted by Crippen LogP contribution is 2.31. The molecule has 0 spiro atoms. The molecule has 3 aromatic carbocycles. The Balaban J connectivity index is 1.44. The minimum Gasteiger partial charge on any atom is -0.378 e. The second-order valence-electron chi connectivity index (χ2n) is 8.09. The Morgan fingerprint density at radius 3 is 2.65 bits per heavy atom. The molecule has 1 aromatic heterocycles. The molecule has 4 aromatic rings. The normalized spacial score (nSPS) is 13.9. The van der Waals surface area contributed by atoms with Crippen LogP contribution in [0.25, 0.3) is 11.0 Å². The molecule has 0 aliphatic carbocycles. The van der Waals surface area contributed by atoms with E-state index in [-0.39, 0.29) is 11.9 Å². The SMILES string of the molecule is CC(=O)N1CCc2cc(NCc3nc4ccccc4n3[C@H](C)c3ccccc3)ccc21.